The van der Waals surface area contributed by atoms with Crippen molar-refractivity contribution < 1.29 is 9.53 Å². The molecule has 0 N–H and O–H groups in total. The Morgan fingerprint density at radius 3 is 2.64 bits per heavy atom. The van der Waals surface area contributed by atoms with Crippen molar-refractivity contribution in [2.24, 2.45) is 5.41 Å². The highest BCUT2D eigenvalue weighted by Gasteiger charge is 2.35. The number of rotatable bonds is 3. The van der Waals surface area contributed by atoms with Crippen LogP contribution in [0, 0.1) is 12.3 Å². The molecule has 0 aromatic heterocycles. The molecule has 0 spiro atoms. The molecule has 3 rings (SSSR count). The lowest BCUT2D eigenvalue weighted by molar-refractivity contribution is -0.117. The van der Waals surface area contributed by atoms with Crippen molar-refractivity contribution in [2.75, 3.05) is 12.4 Å². The van der Waals surface area contributed by atoms with Gasteiger partial charge in [-0.2, -0.15) is 0 Å². The van der Waals surface area contributed by atoms with Crippen LogP contribution in [0.15, 0.2) is 46.4 Å². The van der Waals surface area contributed by atoms with E-state index in [2.05, 4.69) is 26.8 Å². The molecule has 0 atom stereocenters. The first-order valence-electron chi connectivity index (χ1n) is 7.73. The maximum Gasteiger partial charge on any atom is 0.164 e. The summed E-state index contributed by atoms with van der Waals surface area (Å²) in [6, 6.07) is 8.04. The zero-order valence-corrected chi connectivity index (χ0v) is 14.3. The van der Waals surface area contributed by atoms with Crippen LogP contribution in [0.25, 0.3) is 0 Å². The average Bonchev–Trinajstić information content (AvgIpc) is 2.45. The van der Waals surface area contributed by atoms with Gasteiger partial charge in [0.2, 0.25) is 0 Å². The highest BCUT2D eigenvalue weighted by Crippen LogP contribution is 2.45. The summed E-state index contributed by atoms with van der Waals surface area (Å²) in [6.45, 7) is 6.89. The van der Waals surface area contributed by atoms with Gasteiger partial charge in [0, 0.05) is 17.7 Å². The summed E-state index contributed by atoms with van der Waals surface area (Å²) in [7, 11) is 0. The Balaban J connectivity index is 1.76. The predicted octanol–water partition coefficient (Wildman–Crippen LogP) is 4.69. The lowest BCUT2D eigenvalue weighted by Gasteiger charge is -2.34. The molecule has 1 heterocycles. The minimum atomic E-state index is 0.0865. The van der Waals surface area contributed by atoms with Crippen molar-refractivity contribution in [1.29, 1.82) is 0 Å². The molecule has 0 fully saturated rings. The quantitative estimate of drug-likeness (QED) is 0.809. The summed E-state index contributed by atoms with van der Waals surface area (Å²) in [5.41, 5.74) is 3.30. The van der Waals surface area contributed by atoms with E-state index in [1.54, 1.807) is 0 Å². The van der Waals surface area contributed by atoms with Crippen LogP contribution in [0.3, 0.4) is 0 Å². The smallest absolute Gasteiger partial charge is 0.164 e. The number of carbonyl (C=O) groups excluding carboxylic acids is 1. The summed E-state index contributed by atoms with van der Waals surface area (Å²) < 4.78 is 5.89. The van der Waals surface area contributed by atoms with Crippen LogP contribution >= 0.6 is 11.8 Å². The van der Waals surface area contributed by atoms with Gasteiger partial charge in [0.15, 0.2) is 5.78 Å². The van der Waals surface area contributed by atoms with E-state index in [9.17, 15) is 4.79 Å². The van der Waals surface area contributed by atoms with E-state index in [4.69, 9.17) is 4.74 Å². The van der Waals surface area contributed by atoms with Gasteiger partial charge in [-0.1, -0.05) is 37.6 Å². The fraction of sp³-hybridized carbons (Fsp3) is 0.421. The van der Waals surface area contributed by atoms with Crippen molar-refractivity contribution in [3.05, 3.63) is 52.0 Å². The summed E-state index contributed by atoms with van der Waals surface area (Å²) in [6.07, 6.45) is 3.78. The molecule has 0 radical (unpaired) electrons. The fourth-order valence-electron chi connectivity index (χ4n) is 3.02. The Morgan fingerprint density at radius 2 is 1.91 bits per heavy atom. The Morgan fingerprint density at radius 1 is 1.18 bits per heavy atom. The first-order chi connectivity index (χ1) is 10.4. The van der Waals surface area contributed by atoms with Crippen molar-refractivity contribution >= 4 is 17.5 Å². The first kappa shape index (κ1) is 15.4. The zero-order chi connectivity index (χ0) is 15.7. The highest BCUT2D eigenvalue weighted by atomic mass is 32.2. The fourth-order valence-corrected chi connectivity index (χ4v) is 4.38. The second-order valence-electron chi connectivity index (χ2n) is 6.88. The second kappa shape index (κ2) is 5.96. The molecule has 3 heteroatoms. The molecule has 1 aromatic rings. The van der Waals surface area contributed by atoms with E-state index < -0.39 is 0 Å². The Labute approximate surface area is 136 Å². The third-order valence-corrected chi connectivity index (χ3v) is 5.19. The zero-order valence-electron chi connectivity index (χ0n) is 13.4. The molecule has 22 heavy (non-hydrogen) atoms. The standard InChI is InChI=1S/C19H22O2S/c1-13-4-6-15(7-5-13)21-12-14-8-9-22-17-11-19(2,3)10-16(20)18(14)17/h4-8H,9-12H2,1-3H3. The number of benzene rings is 1. The molecule has 0 amide bonds. The van der Waals surface area contributed by atoms with Gasteiger partial charge in [-0.15, -0.1) is 11.8 Å². The summed E-state index contributed by atoms with van der Waals surface area (Å²) >= 11 is 1.81. The minimum Gasteiger partial charge on any atom is -0.489 e. The molecule has 1 aromatic carbocycles. The normalized spacial score (nSPS) is 20.5. The van der Waals surface area contributed by atoms with Crippen LogP contribution in [0.2, 0.25) is 0 Å². The molecular formula is C19H22O2S. The van der Waals surface area contributed by atoms with E-state index in [1.165, 1.54) is 10.5 Å². The lowest BCUT2D eigenvalue weighted by atomic mass is 9.76. The molecule has 0 bridgehead atoms. The number of hydrogen-bond acceptors (Lipinski definition) is 3. The third-order valence-electron chi connectivity index (χ3n) is 4.16. The molecule has 116 valence electrons. The van der Waals surface area contributed by atoms with Gasteiger partial charge in [-0.3, -0.25) is 4.79 Å². The minimum absolute atomic E-state index is 0.0865. The van der Waals surface area contributed by atoms with Crippen LogP contribution in [0.4, 0.5) is 0 Å². The van der Waals surface area contributed by atoms with Crippen molar-refractivity contribution in [3.8, 4) is 5.75 Å². The molecule has 2 aliphatic rings. The van der Waals surface area contributed by atoms with E-state index >= 15 is 0 Å². The lowest BCUT2D eigenvalue weighted by Crippen LogP contribution is -2.28. The first-order valence-corrected chi connectivity index (χ1v) is 8.71. The van der Waals surface area contributed by atoms with Gasteiger partial charge < -0.3 is 4.74 Å². The molecule has 1 aliphatic carbocycles. The van der Waals surface area contributed by atoms with E-state index in [0.717, 1.165) is 29.1 Å². The molecule has 0 saturated carbocycles. The van der Waals surface area contributed by atoms with Gasteiger partial charge in [-0.25, -0.2) is 0 Å². The number of ketones is 1. The number of hydrogen-bond donors (Lipinski definition) is 0. The highest BCUT2D eigenvalue weighted by molar-refractivity contribution is 8.03. The van der Waals surface area contributed by atoms with E-state index in [-0.39, 0.29) is 11.2 Å². The van der Waals surface area contributed by atoms with Gasteiger partial charge in [0.1, 0.15) is 12.4 Å². The van der Waals surface area contributed by atoms with Gasteiger partial charge in [-0.05, 0) is 41.4 Å². The topological polar surface area (TPSA) is 26.3 Å². The molecule has 2 nitrogen and oxygen atoms in total. The summed E-state index contributed by atoms with van der Waals surface area (Å²) in [5, 5.41) is 0. The number of thioether (sulfide) groups is 1. The van der Waals surface area contributed by atoms with Crippen LogP contribution in [-0.2, 0) is 4.79 Å². The third kappa shape index (κ3) is 3.30. The van der Waals surface area contributed by atoms with Crippen molar-refractivity contribution in [3.63, 3.8) is 0 Å². The van der Waals surface area contributed by atoms with E-state index in [0.29, 0.717) is 13.0 Å². The molecule has 0 unspecified atom stereocenters. The molecular weight excluding hydrogens is 292 g/mol. The van der Waals surface area contributed by atoms with Crippen molar-refractivity contribution in [1.82, 2.24) is 0 Å². The summed E-state index contributed by atoms with van der Waals surface area (Å²) in [5.74, 6) is 2.07. The largest absolute Gasteiger partial charge is 0.489 e. The number of Topliss-reactive ketones (excluding diaryl/α,β-unsaturated/α-hetero) is 1. The van der Waals surface area contributed by atoms with Gasteiger partial charge in [0.05, 0.1) is 0 Å². The van der Waals surface area contributed by atoms with Crippen LogP contribution in [0.5, 0.6) is 5.75 Å². The number of carbonyl (C=O) groups is 1. The average molecular weight is 314 g/mol. The SMILES string of the molecule is Cc1ccc(OCC2=CCSC3=C2C(=O)CC(C)(C)C3)cc1. The number of ether oxygens (including phenoxy) is 1. The maximum atomic E-state index is 12.5. The van der Waals surface area contributed by atoms with Crippen molar-refractivity contribution in [2.45, 2.75) is 33.6 Å². The Bertz CT molecular complexity index is 651. The Kier molecular flexibility index (Phi) is 4.18. The Hall–Kier alpha value is -1.48. The van der Waals surface area contributed by atoms with Gasteiger partial charge >= 0.3 is 0 Å². The van der Waals surface area contributed by atoms with Gasteiger partial charge in [0.25, 0.3) is 0 Å². The van der Waals surface area contributed by atoms with Crippen LogP contribution < -0.4 is 4.74 Å². The van der Waals surface area contributed by atoms with Crippen LogP contribution in [-0.4, -0.2) is 18.1 Å². The predicted molar refractivity (Wildman–Crippen MR) is 92.3 cm³/mol. The molecule has 0 saturated heterocycles. The van der Waals surface area contributed by atoms with Crippen LogP contribution in [0.1, 0.15) is 32.3 Å². The summed E-state index contributed by atoms with van der Waals surface area (Å²) in [4.78, 5) is 13.8. The maximum absolute atomic E-state index is 12.5. The second-order valence-corrected chi connectivity index (χ2v) is 8.00. The number of aryl methyl sites for hydroxylation is 1. The number of allylic oxidation sites excluding steroid dienone is 1. The monoisotopic (exact) mass is 314 g/mol. The molecule has 1 aliphatic heterocycles. The van der Waals surface area contributed by atoms with E-state index in [1.807, 2.05) is 36.0 Å².